The zero-order chi connectivity index (χ0) is 18.5. The molecule has 1 N–H and O–H groups in total. The molecule has 0 spiro atoms. The third kappa shape index (κ3) is 4.44. The Morgan fingerprint density at radius 1 is 1.31 bits per heavy atom. The van der Waals surface area contributed by atoms with Crippen LogP contribution in [-0.4, -0.2) is 42.5 Å². The number of piperidine rings is 1. The highest BCUT2D eigenvalue weighted by atomic mass is 32.1. The van der Waals surface area contributed by atoms with Gasteiger partial charge in [-0.05, 0) is 37.7 Å². The summed E-state index contributed by atoms with van der Waals surface area (Å²) in [5.74, 6) is 2.30. The van der Waals surface area contributed by atoms with E-state index in [1.807, 2.05) is 7.05 Å². The number of guanidine groups is 1. The van der Waals surface area contributed by atoms with E-state index < -0.39 is 0 Å². The van der Waals surface area contributed by atoms with E-state index in [2.05, 4.69) is 71.3 Å². The Morgan fingerprint density at radius 2 is 2.08 bits per heavy atom. The van der Waals surface area contributed by atoms with Crippen LogP contribution in [0.5, 0.6) is 0 Å². The van der Waals surface area contributed by atoms with Gasteiger partial charge in [-0.3, -0.25) is 4.99 Å². The molecule has 2 unspecified atom stereocenters. The molecule has 1 aliphatic heterocycles. The van der Waals surface area contributed by atoms with Crippen molar-refractivity contribution >= 4 is 17.3 Å². The molecule has 0 saturated carbocycles. The fraction of sp³-hybridized carbons (Fsp3) is 0.524. The Bertz CT molecular complexity index is 738. The Morgan fingerprint density at radius 3 is 2.69 bits per heavy atom. The molecule has 3 rings (SSSR count). The molecule has 4 nitrogen and oxygen atoms in total. The van der Waals surface area contributed by atoms with Gasteiger partial charge >= 0.3 is 0 Å². The van der Waals surface area contributed by atoms with E-state index in [1.54, 1.807) is 11.3 Å². The molecule has 0 bridgehead atoms. The highest BCUT2D eigenvalue weighted by Gasteiger charge is 2.28. The molecule has 1 aliphatic rings. The van der Waals surface area contributed by atoms with E-state index >= 15 is 0 Å². The van der Waals surface area contributed by atoms with Gasteiger partial charge in [-0.2, -0.15) is 0 Å². The minimum Gasteiger partial charge on any atom is -0.356 e. The molecule has 2 aromatic rings. The summed E-state index contributed by atoms with van der Waals surface area (Å²) in [6.07, 6.45) is 2.19. The van der Waals surface area contributed by atoms with Crippen molar-refractivity contribution in [2.45, 2.75) is 39.5 Å². The molecular formula is C21H30N4S. The van der Waals surface area contributed by atoms with Crippen molar-refractivity contribution < 1.29 is 0 Å². The molecule has 2 heterocycles. The minimum absolute atomic E-state index is 0.621. The lowest BCUT2D eigenvalue weighted by molar-refractivity contribution is 0.234. The molecule has 140 valence electrons. The molecule has 0 aliphatic carbocycles. The maximum atomic E-state index is 4.52. The number of rotatable bonds is 4. The van der Waals surface area contributed by atoms with E-state index in [9.17, 15) is 0 Å². The Hall–Kier alpha value is -1.88. The van der Waals surface area contributed by atoms with Gasteiger partial charge in [0.15, 0.2) is 5.96 Å². The molecular weight excluding hydrogens is 340 g/mol. The van der Waals surface area contributed by atoms with Crippen molar-refractivity contribution in [3.05, 3.63) is 51.5 Å². The maximum Gasteiger partial charge on any atom is 0.193 e. The van der Waals surface area contributed by atoms with Gasteiger partial charge in [0.1, 0.15) is 0 Å². The number of aromatic nitrogens is 1. The van der Waals surface area contributed by atoms with Crippen molar-refractivity contribution in [2.24, 2.45) is 10.9 Å². The summed E-state index contributed by atoms with van der Waals surface area (Å²) in [4.78, 5) is 12.8. The summed E-state index contributed by atoms with van der Waals surface area (Å²) in [5, 5.41) is 4.71. The summed E-state index contributed by atoms with van der Waals surface area (Å²) in [6, 6.07) is 10.9. The standard InChI is InChI=1S/C21H30N4S/c1-15-14-25(13-11-19(15)18-8-6-5-7-9-18)21(22-4)23-12-10-20-16(2)24-17(3)26-20/h5-9,15,19H,10-14H2,1-4H3,(H,22,23). The predicted molar refractivity (Wildman–Crippen MR) is 111 cm³/mol. The smallest absolute Gasteiger partial charge is 0.193 e. The van der Waals surface area contributed by atoms with Gasteiger partial charge in [0.25, 0.3) is 0 Å². The van der Waals surface area contributed by atoms with Crippen LogP contribution in [0, 0.1) is 19.8 Å². The Balaban J connectivity index is 1.54. The number of nitrogens with zero attached hydrogens (tertiary/aromatic N) is 3. The normalized spacial score (nSPS) is 21.1. The minimum atomic E-state index is 0.621. The second-order valence-electron chi connectivity index (χ2n) is 7.19. The zero-order valence-electron chi connectivity index (χ0n) is 16.3. The third-order valence-corrected chi connectivity index (χ3v) is 6.41. The molecule has 1 saturated heterocycles. The first-order valence-electron chi connectivity index (χ1n) is 9.52. The van der Waals surface area contributed by atoms with Crippen LogP contribution >= 0.6 is 11.3 Å². The topological polar surface area (TPSA) is 40.5 Å². The number of thiazole rings is 1. The van der Waals surface area contributed by atoms with Crippen molar-refractivity contribution in [1.29, 1.82) is 0 Å². The van der Waals surface area contributed by atoms with Crippen LogP contribution in [0.3, 0.4) is 0 Å². The van der Waals surface area contributed by atoms with E-state index in [-0.39, 0.29) is 0 Å². The van der Waals surface area contributed by atoms with E-state index in [1.165, 1.54) is 22.6 Å². The highest BCUT2D eigenvalue weighted by Crippen LogP contribution is 2.32. The van der Waals surface area contributed by atoms with Gasteiger partial charge in [0.2, 0.25) is 0 Å². The first-order valence-corrected chi connectivity index (χ1v) is 10.3. The number of aryl methyl sites for hydroxylation is 2. The lowest BCUT2D eigenvalue weighted by atomic mass is 9.82. The molecule has 0 radical (unpaired) electrons. The number of likely N-dealkylation sites (tertiary alicyclic amines) is 1. The lowest BCUT2D eigenvalue weighted by Gasteiger charge is -2.39. The molecule has 1 aromatic heterocycles. The average Bonchev–Trinajstić information content (AvgIpc) is 2.96. The van der Waals surface area contributed by atoms with Crippen LogP contribution in [0.4, 0.5) is 0 Å². The van der Waals surface area contributed by atoms with E-state index in [4.69, 9.17) is 0 Å². The van der Waals surface area contributed by atoms with Gasteiger partial charge in [0, 0.05) is 38.0 Å². The van der Waals surface area contributed by atoms with E-state index in [0.29, 0.717) is 11.8 Å². The third-order valence-electron chi connectivity index (χ3n) is 5.28. The summed E-state index contributed by atoms with van der Waals surface area (Å²) >= 11 is 1.80. The van der Waals surface area contributed by atoms with Crippen LogP contribution in [-0.2, 0) is 6.42 Å². The predicted octanol–water partition coefficient (Wildman–Crippen LogP) is 4.00. The number of benzene rings is 1. The fourth-order valence-corrected chi connectivity index (χ4v) is 4.90. The summed E-state index contributed by atoms with van der Waals surface area (Å²) in [6.45, 7) is 9.55. The lowest BCUT2D eigenvalue weighted by Crippen LogP contribution is -2.48. The van der Waals surface area contributed by atoms with Gasteiger partial charge in [0.05, 0.1) is 10.7 Å². The van der Waals surface area contributed by atoms with Crippen LogP contribution in [0.1, 0.15) is 40.4 Å². The number of nitrogens with one attached hydrogen (secondary N) is 1. The average molecular weight is 371 g/mol. The summed E-state index contributed by atoms with van der Waals surface area (Å²) in [5.41, 5.74) is 2.64. The molecule has 1 fully saturated rings. The van der Waals surface area contributed by atoms with Crippen LogP contribution in [0.15, 0.2) is 35.3 Å². The second kappa shape index (κ2) is 8.67. The molecule has 1 aromatic carbocycles. The van der Waals surface area contributed by atoms with Gasteiger partial charge < -0.3 is 10.2 Å². The van der Waals surface area contributed by atoms with Gasteiger partial charge in [-0.25, -0.2) is 4.98 Å². The van der Waals surface area contributed by atoms with Crippen LogP contribution in [0.25, 0.3) is 0 Å². The van der Waals surface area contributed by atoms with Crippen molar-refractivity contribution in [2.75, 3.05) is 26.7 Å². The number of aliphatic imine (C=N–C) groups is 1. The fourth-order valence-electron chi connectivity index (χ4n) is 3.96. The molecule has 26 heavy (non-hydrogen) atoms. The van der Waals surface area contributed by atoms with Crippen molar-refractivity contribution in [3.63, 3.8) is 0 Å². The number of hydrogen-bond donors (Lipinski definition) is 1. The second-order valence-corrected chi connectivity index (χ2v) is 8.48. The Labute approximate surface area is 161 Å². The zero-order valence-corrected chi connectivity index (χ0v) is 17.1. The summed E-state index contributed by atoms with van der Waals surface area (Å²) < 4.78 is 0. The SMILES string of the molecule is CN=C(NCCc1sc(C)nc1C)N1CCC(c2ccccc2)C(C)C1. The largest absolute Gasteiger partial charge is 0.356 e. The first kappa shape index (κ1) is 18.9. The molecule has 5 heteroatoms. The quantitative estimate of drug-likeness (QED) is 0.653. The van der Waals surface area contributed by atoms with Crippen LogP contribution in [0.2, 0.25) is 0 Å². The van der Waals surface area contributed by atoms with Crippen molar-refractivity contribution in [3.8, 4) is 0 Å². The Kier molecular flexibility index (Phi) is 6.30. The van der Waals surface area contributed by atoms with Gasteiger partial charge in [-0.15, -0.1) is 11.3 Å². The van der Waals surface area contributed by atoms with Gasteiger partial charge in [-0.1, -0.05) is 37.3 Å². The van der Waals surface area contributed by atoms with Crippen molar-refractivity contribution in [1.82, 2.24) is 15.2 Å². The van der Waals surface area contributed by atoms with E-state index in [0.717, 1.165) is 37.0 Å². The highest BCUT2D eigenvalue weighted by molar-refractivity contribution is 7.11. The maximum absolute atomic E-state index is 4.52. The number of hydrogen-bond acceptors (Lipinski definition) is 3. The monoisotopic (exact) mass is 370 g/mol. The molecule has 0 amide bonds. The first-order chi connectivity index (χ1) is 12.6. The molecule has 2 atom stereocenters. The van der Waals surface area contributed by atoms with Crippen LogP contribution < -0.4 is 5.32 Å². The summed E-state index contributed by atoms with van der Waals surface area (Å²) in [7, 11) is 1.89.